The molecule has 1 N–H and O–H groups in total. The van der Waals surface area contributed by atoms with Gasteiger partial charge in [-0.2, -0.15) is 10.1 Å². The van der Waals surface area contributed by atoms with Crippen LogP contribution in [0.25, 0.3) is 0 Å². The molecule has 1 amide bonds. The molecule has 19 heavy (non-hydrogen) atoms. The molecular formula is C12H11ClF2N2O2. The Morgan fingerprint density at radius 2 is 2.05 bits per heavy atom. The summed E-state index contributed by atoms with van der Waals surface area (Å²) in [5.41, 5.74) is -1.91. The maximum atomic E-state index is 13.5. The van der Waals surface area contributed by atoms with Gasteiger partial charge in [0.05, 0.1) is 5.71 Å². The number of carbonyl (C=O) groups is 1. The van der Waals surface area contributed by atoms with Crippen molar-refractivity contribution in [3.05, 3.63) is 34.9 Å². The van der Waals surface area contributed by atoms with Gasteiger partial charge in [0.25, 0.3) is 5.92 Å². The van der Waals surface area contributed by atoms with Gasteiger partial charge in [-0.05, 0) is 17.7 Å². The van der Waals surface area contributed by atoms with E-state index in [0.29, 0.717) is 22.5 Å². The van der Waals surface area contributed by atoms with Crippen LogP contribution in [0, 0.1) is 0 Å². The van der Waals surface area contributed by atoms with Crippen molar-refractivity contribution in [1.29, 1.82) is 0 Å². The van der Waals surface area contributed by atoms with Gasteiger partial charge in [0.1, 0.15) is 0 Å². The van der Waals surface area contributed by atoms with Crippen molar-refractivity contribution in [3.8, 4) is 0 Å². The smallest absolute Gasteiger partial charge is 0.294 e. The predicted octanol–water partition coefficient (Wildman–Crippen LogP) is 2.25. The average molecular weight is 289 g/mol. The third-order valence-electron chi connectivity index (χ3n) is 3.00. The van der Waals surface area contributed by atoms with Gasteiger partial charge in [-0.25, -0.2) is 8.78 Å². The van der Waals surface area contributed by atoms with Gasteiger partial charge in [0, 0.05) is 18.4 Å². The molecule has 0 spiro atoms. The van der Waals surface area contributed by atoms with Crippen molar-refractivity contribution < 1.29 is 18.7 Å². The average Bonchev–Trinajstić information content (AvgIpc) is 2.68. The number of amides is 1. The summed E-state index contributed by atoms with van der Waals surface area (Å²) in [5.74, 6) is -3.49. The second kappa shape index (κ2) is 4.54. The van der Waals surface area contributed by atoms with E-state index in [0.717, 1.165) is 0 Å². The SMILES string of the molecule is CC(F)(F)C1(O)CC(c2ccc(Cl)cc2)=NN1C=O. The quantitative estimate of drug-likeness (QED) is 0.867. The molecule has 1 aromatic carbocycles. The molecule has 1 heterocycles. The Labute approximate surface area is 113 Å². The Hall–Kier alpha value is -1.53. The zero-order valence-corrected chi connectivity index (χ0v) is 10.7. The highest BCUT2D eigenvalue weighted by Gasteiger charge is 2.57. The molecular weight excluding hydrogens is 278 g/mol. The minimum Gasteiger partial charge on any atom is -0.364 e. The summed E-state index contributed by atoms with van der Waals surface area (Å²) in [5, 5.41) is 14.6. The van der Waals surface area contributed by atoms with Crippen LogP contribution in [0.5, 0.6) is 0 Å². The van der Waals surface area contributed by atoms with Gasteiger partial charge in [-0.15, -0.1) is 0 Å². The first kappa shape index (κ1) is 13.9. The molecule has 102 valence electrons. The van der Waals surface area contributed by atoms with E-state index in [-0.39, 0.29) is 12.1 Å². The highest BCUT2D eigenvalue weighted by Crippen LogP contribution is 2.39. The van der Waals surface area contributed by atoms with E-state index in [4.69, 9.17) is 11.6 Å². The summed E-state index contributed by atoms with van der Waals surface area (Å²) in [7, 11) is 0. The van der Waals surface area contributed by atoms with Crippen LogP contribution < -0.4 is 0 Å². The van der Waals surface area contributed by atoms with Crippen LogP contribution in [0.4, 0.5) is 8.78 Å². The largest absolute Gasteiger partial charge is 0.364 e. The number of nitrogens with zero attached hydrogens (tertiary/aromatic N) is 2. The topological polar surface area (TPSA) is 52.9 Å². The summed E-state index contributed by atoms with van der Waals surface area (Å²) in [6, 6.07) is 6.33. The van der Waals surface area contributed by atoms with Gasteiger partial charge in [-0.1, -0.05) is 23.7 Å². The molecule has 0 bridgehead atoms. The van der Waals surface area contributed by atoms with Crippen LogP contribution in [0.15, 0.2) is 29.4 Å². The first-order valence-electron chi connectivity index (χ1n) is 5.46. The molecule has 1 unspecified atom stereocenters. The number of hydrazone groups is 1. The minimum absolute atomic E-state index is 0.0837. The van der Waals surface area contributed by atoms with Crippen molar-refractivity contribution in [1.82, 2.24) is 5.01 Å². The number of aliphatic hydroxyl groups is 1. The second-order valence-corrected chi connectivity index (χ2v) is 4.82. The number of hydrogen-bond acceptors (Lipinski definition) is 3. The summed E-state index contributed by atoms with van der Waals surface area (Å²) in [6.45, 7) is 0.545. The third kappa shape index (κ3) is 2.33. The summed E-state index contributed by atoms with van der Waals surface area (Å²) >= 11 is 5.73. The maximum absolute atomic E-state index is 13.5. The van der Waals surface area contributed by atoms with Gasteiger partial charge >= 0.3 is 0 Å². The first-order chi connectivity index (χ1) is 8.78. The standard InChI is InChI=1S/C12H11ClF2N2O2/c1-11(14,15)12(19)6-10(16-17(12)7-18)8-2-4-9(13)5-3-8/h2-5,7,19H,6H2,1H3. The molecule has 0 radical (unpaired) electrons. The van der Waals surface area contributed by atoms with Crippen molar-refractivity contribution >= 4 is 23.7 Å². The van der Waals surface area contributed by atoms with Crippen LogP contribution in [0.2, 0.25) is 5.02 Å². The lowest BCUT2D eigenvalue weighted by molar-refractivity contribution is -0.229. The van der Waals surface area contributed by atoms with Crippen LogP contribution in [0.3, 0.4) is 0 Å². The van der Waals surface area contributed by atoms with Crippen LogP contribution in [-0.2, 0) is 4.79 Å². The number of carbonyl (C=O) groups excluding carboxylic acids is 1. The van der Waals surface area contributed by atoms with E-state index < -0.39 is 18.1 Å². The Bertz CT molecular complexity index is 528. The summed E-state index contributed by atoms with van der Waals surface area (Å²) in [6.07, 6.45) is -0.364. The van der Waals surface area contributed by atoms with E-state index in [1.807, 2.05) is 0 Å². The highest BCUT2D eigenvalue weighted by molar-refractivity contribution is 6.30. The highest BCUT2D eigenvalue weighted by atomic mass is 35.5. The number of benzene rings is 1. The number of alkyl halides is 2. The van der Waals surface area contributed by atoms with E-state index >= 15 is 0 Å². The molecule has 1 aliphatic heterocycles. The number of hydrogen-bond donors (Lipinski definition) is 1. The number of rotatable bonds is 3. The molecule has 0 aromatic heterocycles. The van der Waals surface area contributed by atoms with Crippen LogP contribution >= 0.6 is 11.6 Å². The molecule has 4 nitrogen and oxygen atoms in total. The molecule has 1 aliphatic rings. The van der Waals surface area contributed by atoms with E-state index in [1.54, 1.807) is 24.3 Å². The first-order valence-corrected chi connectivity index (χ1v) is 5.84. The van der Waals surface area contributed by atoms with Crippen LogP contribution in [-0.4, -0.2) is 33.9 Å². The molecule has 1 aromatic rings. The fourth-order valence-corrected chi connectivity index (χ4v) is 1.96. The molecule has 0 saturated carbocycles. The molecule has 7 heteroatoms. The van der Waals surface area contributed by atoms with E-state index in [2.05, 4.69) is 5.10 Å². The molecule has 0 fully saturated rings. The van der Waals surface area contributed by atoms with Crippen molar-refractivity contribution in [2.24, 2.45) is 5.10 Å². The summed E-state index contributed by atoms with van der Waals surface area (Å²) in [4.78, 5) is 10.8. The molecule has 0 aliphatic carbocycles. The molecule has 1 atom stereocenters. The Morgan fingerprint density at radius 1 is 1.47 bits per heavy atom. The van der Waals surface area contributed by atoms with Crippen molar-refractivity contribution in [2.75, 3.05) is 0 Å². The zero-order chi connectivity index (χ0) is 14.3. The van der Waals surface area contributed by atoms with E-state index in [1.165, 1.54) is 0 Å². The van der Waals surface area contributed by atoms with Crippen LogP contribution in [0.1, 0.15) is 18.9 Å². The lowest BCUT2D eigenvalue weighted by Gasteiger charge is -2.33. The van der Waals surface area contributed by atoms with Gasteiger partial charge in [-0.3, -0.25) is 4.79 Å². The minimum atomic E-state index is -3.49. The second-order valence-electron chi connectivity index (χ2n) is 4.39. The maximum Gasteiger partial charge on any atom is 0.294 e. The normalized spacial score (nSPS) is 23.4. The van der Waals surface area contributed by atoms with Gasteiger partial charge in [0.2, 0.25) is 12.1 Å². The zero-order valence-electron chi connectivity index (χ0n) is 9.98. The fourth-order valence-electron chi connectivity index (χ4n) is 1.83. The number of halogens is 3. The third-order valence-corrected chi connectivity index (χ3v) is 3.25. The lowest BCUT2D eigenvalue weighted by Crippen LogP contribution is -2.55. The molecule has 2 rings (SSSR count). The van der Waals surface area contributed by atoms with Gasteiger partial charge < -0.3 is 5.11 Å². The lowest BCUT2D eigenvalue weighted by atomic mass is 9.97. The summed E-state index contributed by atoms with van der Waals surface area (Å²) < 4.78 is 26.9. The van der Waals surface area contributed by atoms with Crippen molar-refractivity contribution in [3.63, 3.8) is 0 Å². The molecule has 0 saturated heterocycles. The Balaban J connectivity index is 2.36. The van der Waals surface area contributed by atoms with Gasteiger partial charge in [0.15, 0.2) is 0 Å². The Kier molecular flexibility index (Phi) is 3.32. The van der Waals surface area contributed by atoms with Crippen molar-refractivity contribution in [2.45, 2.75) is 25.0 Å². The monoisotopic (exact) mass is 288 g/mol. The predicted molar refractivity (Wildman–Crippen MR) is 66.1 cm³/mol. The van der Waals surface area contributed by atoms with E-state index in [9.17, 15) is 18.7 Å². The fraction of sp³-hybridized carbons (Fsp3) is 0.333. The Morgan fingerprint density at radius 3 is 2.47 bits per heavy atom.